The van der Waals surface area contributed by atoms with Crippen molar-refractivity contribution >= 4 is 35.7 Å². The Morgan fingerprint density at radius 1 is 1.46 bits per heavy atom. The van der Waals surface area contributed by atoms with E-state index in [2.05, 4.69) is 10.6 Å². The van der Waals surface area contributed by atoms with Gasteiger partial charge in [-0.1, -0.05) is 11.6 Å². The molecule has 2 fully saturated rings. The third kappa shape index (κ3) is 4.99. The van der Waals surface area contributed by atoms with E-state index < -0.39 is 0 Å². The number of hydrogen-bond donors (Lipinski definition) is 3. The third-order valence-corrected chi connectivity index (χ3v) is 4.22. The van der Waals surface area contributed by atoms with Crippen LogP contribution in [0.25, 0.3) is 0 Å². The number of hydrogen-bond acceptors (Lipinski definition) is 5. The molecule has 2 saturated heterocycles. The molecule has 0 unspecified atom stereocenters. The van der Waals surface area contributed by atoms with Gasteiger partial charge in [0.1, 0.15) is 5.75 Å². The third-order valence-electron chi connectivity index (χ3n) is 3.93. The van der Waals surface area contributed by atoms with Gasteiger partial charge in [-0.3, -0.25) is 9.59 Å². The van der Waals surface area contributed by atoms with Crippen LogP contribution in [0.3, 0.4) is 0 Å². The first kappa shape index (κ1) is 19.8. The van der Waals surface area contributed by atoms with Crippen LogP contribution in [0, 0.1) is 5.92 Å². The number of urea groups is 1. The number of fused-ring (bicyclic) bond motifs is 3. The molecule has 1 aromatic rings. The van der Waals surface area contributed by atoms with Gasteiger partial charge < -0.3 is 30.1 Å². The van der Waals surface area contributed by atoms with E-state index in [4.69, 9.17) is 31.0 Å². The van der Waals surface area contributed by atoms with Crippen LogP contribution in [-0.2, 0) is 14.3 Å². The zero-order chi connectivity index (χ0) is 19.1. The lowest BCUT2D eigenvalue weighted by molar-refractivity contribution is -0.125. The Bertz CT molecular complexity index is 671. The minimum absolute atomic E-state index is 0.0599. The highest BCUT2D eigenvalue weighted by molar-refractivity contribution is 6.32. The van der Waals surface area contributed by atoms with Gasteiger partial charge in [-0.05, 0) is 18.2 Å². The molecule has 0 aliphatic carbocycles. The SMILES string of the molecule is COc1ccc(NC(=O)N2C[C@H]3COC[C@@H](C2)C(=O)N3)cc1Cl.O=CO. The average Bonchev–Trinajstić information content (AvgIpc) is 2.84. The first-order valence-corrected chi connectivity index (χ1v) is 8.21. The quantitative estimate of drug-likeness (QED) is 0.654. The molecular weight excluding hydrogens is 366 g/mol. The summed E-state index contributed by atoms with van der Waals surface area (Å²) in [5.41, 5.74) is 0.575. The van der Waals surface area contributed by atoms with Crippen molar-refractivity contribution in [2.24, 2.45) is 5.92 Å². The smallest absolute Gasteiger partial charge is 0.321 e. The van der Waals surface area contributed by atoms with Gasteiger partial charge in [-0.15, -0.1) is 0 Å². The maximum Gasteiger partial charge on any atom is 0.321 e. The van der Waals surface area contributed by atoms with Crippen LogP contribution in [0.1, 0.15) is 0 Å². The molecule has 1 aromatic carbocycles. The highest BCUT2D eigenvalue weighted by Crippen LogP contribution is 2.27. The number of nitrogens with one attached hydrogen (secondary N) is 2. The van der Waals surface area contributed by atoms with E-state index in [1.165, 1.54) is 7.11 Å². The molecule has 3 amide bonds. The number of methoxy groups -OCH3 is 1. The molecule has 2 atom stereocenters. The Hall–Kier alpha value is -2.52. The van der Waals surface area contributed by atoms with E-state index in [9.17, 15) is 9.59 Å². The van der Waals surface area contributed by atoms with Crippen molar-refractivity contribution in [3.63, 3.8) is 0 Å². The summed E-state index contributed by atoms with van der Waals surface area (Å²) >= 11 is 6.06. The first-order valence-electron chi connectivity index (χ1n) is 7.84. The number of amides is 3. The van der Waals surface area contributed by atoms with Crippen molar-refractivity contribution in [3.8, 4) is 5.75 Å². The van der Waals surface area contributed by atoms with Gasteiger partial charge in [0.15, 0.2) is 0 Å². The molecular formula is C16H20ClN3O6. The van der Waals surface area contributed by atoms with Gasteiger partial charge in [0, 0.05) is 18.8 Å². The van der Waals surface area contributed by atoms with E-state index in [1.807, 2.05) is 0 Å². The van der Waals surface area contributed by atoms with Gasteiger partial charge in [0.25, 0.3) is 6.47 Å². The normalized spacial score (nSPS) is 21.5. The van der Waals surface area contributed by atoms with E-state index in [0.29, 0.717) is 42.8 Å². The van der Waals surface area contributed by atoms with Crippen LogP contribution in [0.15, 0.2) is 18.2 Å². The molecule has 0 radical (unpaired) electrons. The van der Waals surface area contributed by atoms with E-state index in [-0.39, 0.29) is 30.4 Å². The fourth-order valence-electron chi connectivity index (χ4n) is 2.74. The Morgan fingerprint density at radius 3 is 2.85 bits per heavy atom. The van der Waals surface area contributed by atoms with Gasteiger partial charge in [0.2, 0.25) is 5.91 Å². The maximum absolute atomic E-state index is 12.5. The summed E-state index contributed by atoms with van der Waals surface area (Å²) in [4.78, 5) is 34.4. The van der Waals surface area contributed by atoms with Crippen molar-refractivity contribution in [2.75, 3.05) is 38.7 Å². The van der Waals surface area contributed by atoms with E-state index >= 15 is 0 Å². The first-order chi connectivity index (χ1) is 12.5. The summed E-state index contributed by atoms with van der Waals surface area (Å²) in [5, 5.41) is 13.0. The highest BCUT2D eigenvalue weighted by Gasteiger charge is 2.35. The number of nitrogens with zero attached hydrogens (tertiary/aromatic N) is 1. The standard InChI is InChI=1S/C15H18ClN3O4.CH2O2/c1-22-13-3-2-10(4-12(13)16)18-15(21)19-5-9-7-23-8-11(6-19)17-14(9)20;2-1-3/h2-4,9,11H,5-8H2,1H3,(H,17,20)(H,18,21);1H,(H,2,3)/t9-,11+;/m1./s1. The fourth-order valence-corrected chi connectivity index (χ4v) is 3.00. The van der Waals surface area contributed by atoms with Gasteiger partial charge in [-0.25, -0.2) is 4.79 Å². The lowest BCUT2D eigenvalue weighted by Gasteiger charge is -2.27. The van der Waals surface area contributed by atoms with E-state index in [1.54, 1.807) is 23.1 Å². The number of benzene rings is 1. The summed E-state index contributed by atoms with van der Waals surface area (Å²) in [5.74, 6) is 0.143. The summed E-state index contributed by atoms with van der Waals surface area (Å²) in [7, 11) is 1.53. The zero-order valence-electron chi connectivity index (χ0n) is 14.1. The molecule has 142 valence electrons. The number of carboxylic acid groups (broad SMARTS) is 1. The molecule has 2 heterocycles. The number of halogens is 1. The number of carbonyl (C=O) groups excluding carboxylic acids is 2. The Labute approximate surface area is 155 Å². The van der Waals surface area contributed by atoms with Crippen molar-refractivity contribution in [2.45, 2.75) is 6.04 Å². The summed E-state index contributed by atoms with van der Waals surface area (Å²) in [6.07, 6.45) is 0. The van der Waals surface area contributed by atoms with Crippen molar-refractivity contribution < 1.29 is 29.0 Å². The highest BCUT2D eigenvalue weighted by atomic mass is 35.5. The minimum Gasteiger partial charge on any atom is -0.495 e. The van der Waals surface area contributed by atoms with Crippen molar-refractivity contribution in [1.29, 1.82) is 0 Å². The molecule has 3 N–H and O–H groups in total. The maximum atomic E-state index is 12.5. The molecule has 2 aliphatic rings. The van der Waals surface area contributed by atoms with Gasteiger partial charge in [-0.2, -0.15) is 0 Å². The molecule has 10 heteroatoms. The van der Waals surface area contributed by atoms with Crippen LogP contribution < -0.4 is 15.4 Å². The minimum atomic E-state index is -0.340. The summed E-state index contributed by atoms with van der Waals surface area (Å²) in [6.45, 7) is 1.25. The molecule has 0 spiro atoms. The zero-order valence-corrected chi connectivity index (χ0v) is 14.9. The van der Waals surface area contributed by atoms with Crippen molar-refractivity contribution in [3.05, 3.63) is 23.2 Å². The Kier molecular flexibility index (Phi) is 7.05. The van der Waals surface area contributed by atoms with Crippen LogP contribution in [0.2, 0.25) is 5.02 Å². The number of carbonyl (C=O) groups is 3. The second-order valence-corrected chi connectivity index (χ2v) is 6.14. The molecule has 26 heavy (non-hydrogen) atoms. The second kappa shape index (κ2) is 9.25. The largest absolute Gasteiger partial charge is 0.495 e. The summed E-state index contributed by atoms with van der Waals surface area (Å²) in [6, 6.07) is 4.59. The van der Waals surface area contributed by atoms with Crippen LogP contribution in [-0.4, -0.2) is 67.9 Å². The summed E-state index contributed by atoms with van der Waals surface area (Å²) < 4.78 is 10.5. The van der Waals surface area contributed by atoms with Crippen LogP contribution in [0.5, 0.6) is 5.75 Å². The molecule has 0 aromatic heterocycles. The molecule has 2 aliphatic heterocycles. The molecule has 2 bridgehead atoms. The fraction of sp³-hybridized carbons (Fsp3) is 0.438. The molecule has 9 nitrogen and oxygen atoms in total. The number of ether oxygens (including phenoxy) is 2. The van der Waals surface area contributed by atoms with Gasteiger partial charge >= 0.3 is 6.03 Å². The Morgan fingerprint density at radius 2 is 2.19 bits per heavy atom. The monoisotopic (exact) mass is 385 g/mol. The predicted octanol–water partition coefficient (Wildman–Crippen LogP) is 1.03. The van der Waals surface area contributed by atoms with Gasteiger partial charge in [0.05, 0.1) is 37.3 Å². The lowest BCUT2D eigenvalue weighted by atomic mass is 10.1. The topological polar surface area (TPSA) is 117 Å². The van der Waals surface area contributed by atoms with Crippen LogP contribution >= 0.6 is 11.6 Å². The lowest BCUT2D eigenvalue weighted by Crippen LogP contribution is -2.46. The van der Waals surface area contributed by atoms with Crippen molar-refractivity contribution in [1.82, 2.24) is 10.2 Å². The number of anilines is 1. The number of rotatable bonds is 2. The van der Waals surface area contributed by atoms with E-state index in [0.717, 1.165) is 0 Å². The molecule has 0 saturated carbocycles. The molecule has 3 rings (SSSR count). The second-order valence-electron chi connectivity index (χ2n) is 5.73. The predicted molar refractivity (Wildman–Crippen MR) is 93.5 cm³/mol. The van der Waals surface area contributed by atoms with Crippen LogP contribution in [0.4, 0.5) is 10.5 Å². The average molecular weight is 386 g/mol. The Balaban J connectivity index is 0.000000758.